The van der Waals surface area contributed by atoms with Gasteiger partial charge in [0.15, 0.2) is 23.0 Å². The summed E-state index contributed by atoms with van der Waals surface area (Å²) in [5.74, 6) is 3.73. The van der Waals surface area contributed by atoms with E-state index in [0.29, 0.717) is 47.3 Å². The highest BCUT2D eigenvalue weighted by Gasteiger charge is 2.42. The van der Waals surface area contributed by atoms with E-state index < -0.39 is 10.8 Å². The molecule has 0 saturated heterocycles. The van der Waals surface area contributed by atoms with Crippen LogP contribution >= 0.6 is 0 Å². The molecule has 11 nitrogen and oxygen atoms in total. The van der Waals surface area contributed by atoms with E-state index in [9.17, 15) is 0 Å². The first-order valence-electron chi connectivity index (χ1n) is 21.6. The fourth-order valence-electron chi connectivity index (χ4n) is 9.50. The number of allylic oxidation sites excluding steroid dienone is 2. The van der Waals surface area contributed by atoms with Crippen LogP contribution in [0.3, 0.4) is 0 Å². The number of nitrogens with one attached hydrogen (secondary N) is 2. The number of pyridine rings is 1. The second kappa shape index (κ2) is 18.6. The Labute approximate surface area is 384 Å². The Morgan fingerprint density at radius 1 is 0.439 bits per heavy atom. The molecule has 0 aliphatic heterocycles. The molecule has 0 radical (unpaired) electrons. The van der Waals surface area contributed by atoms with Crippen LogP contribution in [0.4, 0.5) is 0 Å². The standard InChI is InChI=1S/C28H26N2O3.C27H25N3O3/c1-31-24-15-14-22(26(32-2)27(24)33-3)28(20-12-8-5-9-13-20)17-16-21-23(18-28)29-30-25(21)19-10-6-4-7-11-19;1-31-23-13-12-20(25(32-2)26(23)33-3)27(18-9-5-4-6-10-18)15-14-19-22(17-27)29-30-24(19)21-11-7-8-16-28-21/h4-17H,18H2,1-3H3,(H,29,30);4-16H,17H2,1-3H3,(H,29,30). The van der Waals surface area contributed by atoms with E-state index in [1.165, 1.54) is 0 Å². The molecule has 0 spiro atoms. The van der Waals surface area contributed by atoms with E-state index in [4.69, 9.17) is 28.4 Å². The molecule has 66 heavy (non-hydrogen) atoms. The molecule has 2 aliphatic carbocycles. The molecule has 3 aromatic heterocycles. The predicted octanol–water partition coefficient (Wildman–Crippen LogP) is 10.7. The van der Waals surface area contributed by atoms with Gasteiger partial charge in [-0.1, -0.05) is 133 Å². The second-order valence-corrected chi connectivity index (χ2v) is 16.0. The van der Waals surface area contributed by atoms with Crippen molar-refractivity contribution in [1.29, 1.82) is 0 Å². The highest BCUT2D eigenvalue weighted by atomic mass is 16.5. The molecular formula is C55H51N5O6. The van der Waals surface area contributed by atoms with Crippen LogP contribution < -0.4 is 28.4 Å². The number of nitrogens with zero attached hydrogens (tertiary/aromatic N) is 3. The van der Waals surface area contributed by atoms with Gasteiger partial charge in [-0.15, -0.1) is 0 Å². The highest BCUT2D eigenvalue weighted by molar-refractivity contribution is 5.78. The Bertz CT molecular complexity index is 2800. The summed E-state index contributed by atoms with van der Waals surface area (Å²) in [6, 6.07) is 45.0. The summed E-state index contributed by atoms with van der Waals surface area (Å²) >= 11 is 0. The van der Waals surface area contributed by atoms with Crippen LogP contribution in [-0.2, 0) is 23.7 Å². The molecule has 0 bridgehead atoms. The summed E-state index contributed by atoms with van der Waals surface area (Å²) in [5, 5.41) is 15.9. The molecule has 3 heterocycles. The number of hydrogen-bond donors (Lipinski definition) is 2. The van der Waals surface area contributed by atoms with Gasteiger partial charge in [0.1, 0.15) is 5.69 Å². The van der Waals surface area contributed by atoms with Crippen LogP contribution in [0.1, 0.15) is 44.8 Å². The summed E-state index contributed by atoms with van der Waals surface area (Å²) in [6.45, 7) is 0. The van der Waals surface area contributed by atoms with Gasteiger partial charge in [-0.25, -0.2) is 0 Å². The average Bonchev–Trinajstić information content (AvgIpc) is 4.02. The van der Waals surface area contributed by atoms with E-state index in [0.717, 1.165) is 67.4 Å². The zero-order valence-electron chi connectivity index (χ0n) is 37.8. The van der Waals surface area contributed by atoms with Crippen LogP contribution in [-0.4, -0.2) is 68.0 Å². The normalized spacial score (nSPS) is 16.8. The van der Waals surface area contributed by atoms with E-state index in [1.54, 1.807) is 48.9 Å². The molecule has 0 amide bonds. The molecule has 0 fully saturated rings. The van der Waals surface area contributed by atoms with Gasteiger partial charge in [-0.05, 0) is 35.4 Å². The molecule has 2 aliphatic rings. The maximum absolute atomic E-state index is 5.91. The molecular weight excluding hydrogens is 827 g/mol. The number of fused-ring (bicyclic) bond motifs is 2. The first-order valence-corrected chi connectivity index (χ1v) is 21.6. The lowest BCUT2D eigenvalue weighted by atomic mass is 9.68. The van der Waals surface area contributed by atoms with Gasteiger partial charge in [-0.3, -0.25) is 15.2 Å². The minimum atomic E-state index is -0.493. The number of aromatic amines is 2. The summed E-state index contributed by atoms with van der Waals surface area (Å²) in [4.78, 5) is 4.48. The lowest BCUT2D eigenvalue weighted by molar-refractivity contribution is 0.319. The summed E-state index contributed by atoms with van der Waals surface area (Å²) < 4.78 is 34.3. The molecule has 2 atom stereocenters. The lowest BCUT2D eigenvalue weighted by Gasteiger charge is -2.36. The number of hydrogen-bond acceptors (Lipinski definition) is 9. The number of aromatic nitrogens is 5. The molecule has 2 unspecified atom stereocenters. The maximum atomic E-state index is 5.91. The monoisotopic (exact) mass is 877 g/mol. The van der Waals surface area contributed by atoms with Crippen LogP contribution in [0.15, 0.2) is 152 Å². The predicted molar refractivity (Wildman–Crippen MR) is 258 cm³/mol. The minimum absolute atomic E-state index is 0.473. The Morgan fingerprint density at radius 3 is 1.32 bits per heavy atom. The first-order chi connectivity index (χ1) is 32.4. The molecule has 332 valence electrons. The average molecular weight is 878 g/mol. The maximum Gasteiger partial charge on any atom is 0.203 e. The van der Waals surface area contributed by atoms with Crippen molar-refractivity contribution in [2.45, 2.75) is 23.7 Å². The van der Waals surface area contributed by atoms with Crippen molar-refractivity contribution in [2.24, 2.45) is 0 Å². The molecule has 0 saturated carbocycles. The number of benzene rings is 5. The van der Waals surface area contributed by atoms with Crippen molar-refractivity contribution < 1.29 is 28.4 Å². The molecule has 2 N–H and O–H groups in total. The van der Waals surface area contributed by atoms with Gasteiger partial charge in [-0.2, -0.15) is 10.2 Å². The van der Waals surface area contributed by atoms with Crippen molar-refractivity contribution in [3.8, 4) is 57.1 Å². The van der Waals surface area contributed by atoms with E-state index in [-0.39, 0.29) is 0 Å². The van der Waals surface area contributed by atoms with Crippen molar-refractivity contribution in [3.05, 3.63) is 197 Å². The van der Waals surface area contributed by atoms with Crippen LogP contribution in [0.25, 0.3) is 34.8 Å². The fourth-order valence-corrected chi connectivity index (χ4v) is 9.50. The number of ether oxygens (including phenoxy) is 6. The van der Waals surface area contributed by atoms with Gasteiger partial charge in [0.25, 0.3) is 0 Å². The van der Waals surface area contributed by atoms with Gasteiger partial charge in [0, 0.05) is 69.1 Å². The van der Waals surface area contributed by atoms with Crippen molar-refractivity contribution in [3.63, 3.8) is 0 Å². The molecule has 5 aromatic carbocycles. The minimum Gasteiger partial charge on any atom is -0.493 e. The number of H-pyrrole nitrogens is 2. The first kappa shape index (κ1) is 43.2. The highest BCUT2D eigenvalue weighted by Crippen LogP contribution is 2.52. The topological polar surface area (TPSA) is 126 Å². The SMILES string of the molecule is COc1ccc(C2(c3ccccc3)C=Cc3c(-c4ccccc4)n[nH]c3C2)c(OC)c1OC.COc1ccc(C2(c3ccccc3)C=Cc3c(-c4ccccn4)n[nH]c3C2)c(OC)c1OC. The van der Waals surface area contributed by atoms with Crippen molar-refractivity contribution in [1.82, 2.24) is 25.4 Å². The van der Waals surface area contributed by atoms with Gasteiger partial charge < -0.3 is 28.4 Å². The largest absolute Gasteiger partial charge is 0.493 e. The molecule has 11 heteroatoms. The van der Waals surface area contributed by atoms with Gasteiger partial charge >= 0.3 is 0 Å². The van der Waals surface area contributed by atoms with E-state index >= 15 is 0 Å². The van der Waals surface area contributed by atoms with Crippen LogP contribution in [0.2, 0.25) is 0 Å². The number of methoxy groups -OCH3 is 6. The third-order valence-electron chi connectivity index (χ3n) is 12.6. The Balaban J connectivity index is 0.000000166. The summed E-state index contributed by atoms with van der Waals surface area (Å²) in [6.07, 6.45) is 12.0. The Morgan fingerprint density at radius 2 is 0.879 bits per heavy atom. The van der Waals surface area contributed by atoms with E-state index in [2.05, 4.69) is 122 Å². The molecule has 10 rings (SSSR count). The Hall–Kier alpha value is -8.05. The van der Waals surface area contributed by atoms with Gasteiger partial charge in [0.05, 0.1) is 54.0 Å². The van der Waals surface area contributed by atoms with Crippen molar-refractivity contribution >= 4 is 12.2 Å². The van der Waals surface area contributed by atoms with Crippen molar-refractivity contribution in [2.75, 3.05) is 42.7 Å². The third-order valence-corrected chi connectivity index (χ3v) is 12.6. The lowest BCUT2D eigenvalue weighted by Crippen LogP contribution is -2.31. The zero-order chi connectivity index (χ0) is 45.7. The molecule has 8 aromatic rings. The second-order valence-electron chi connectivity index (χ2n) is 16.0. The van der Waals surface area contributed by atoms with Gasteiger partial charge in [0.2, 0.25) is 11.5 Å². The quantitative estimate of drug-likeness (QED) is 0.123. The fraction of sp³-hybridized carbons (Fsp3) is 0.182. The smallest absolute Gasteiger partial charge is 0.203 e. The Kier molecular flexibility index (Phi) is 12.2. The van der Waals surface area contributed by atoms with E-state index in [1.807, 2.05) is 60.7 Å². The summed E-state index contributed by atoms with van der Waals surface area (Å²) in [7, 11) is 9.85. The summed E-state index contributed by atoms with van der Waals surface area (Å²) in [5.41, 5.74) is 11.4. The third kappa shape index (κ3) is 7.51. The van der Waals surface area contributed by atoms with Crippen LogP contribution in [0.5, 0.6) is 34.5 Å². The zero-order valence-corrected chi connectivity index (χ0v) is 37.8. The number of rotatable bonds is 12. The van der Waals surface area contributed by atoms with Crippen LogP contribution in [0, 0.1) is 0 Å².